The molecule has 2 aromatic heterocycles. The van der Waals surface area contributed by atoms with Crippen LogP contribution in [-0.2, 0) is 29.2 Å². The number of hydrogen-bond donors (Lipinski definition) is 2. The molecule has 2 atom stereocenters. The smallest absolute Gasteiger partial charge is 0.417 e. The van der Waals surface area contributed by atoms with Crippen LogP contribution in [0.2, 0.25) is 0 Å². The minimum Gasteiger partial charge on any atom is -0.467 e. The summed E-state index contributed by atoms with van der Waals surface area (Å²) in [5.74, 6) is -6.25. The van der Waals surface area contributed by atoms with Crippen molar-refractivity contribution >= 4 is 28.5 Å². The zero-order valence-electron chi connectivity index (χ0n) is 26.0. The molecule has 1 amide bonds. The molecule has 2 aromatic carbocycles. The minimum atomic E-state index is -4.90. The molecule has 1 saturated carbocycles. The van der Waals surface area contributed by atoms with Crippen molar-refractivity contribution in [2.75, 3.05) is 12.4 Å². The fourth-order valence-electron chi connectivity index (χ4n) is 5.65. The van der Waals surface area contributed by atoms with Crippen LogP contribution in [0.25, 0.3) is 22.0 Å². The number of pyridine rings is 2. The molecule has 1 fully saturated rings. The van der Waals surface area contributed by atoms with Crippen molar-refractivity contribution in [2.45, 2.75) is 50.6 Å². The lowest BCUT2D eigenvalue weighted by Crippen LogP contribution is -2.43. The quantitative estimate of drug-likeness (QED) is 0.154. The second-order valence-corrected chi connectivity index (χ2v) is 11.7. The number of nitrogens with one attached hydrogen (secondary N) is 2. The SMILES string of the molecule is COC(=O)[C@H](Cc1ccc(-c2c(C(F)(F)F)cc(C)n(C)c2=O)c2ncccc12)NC(=O)c1c(F)cc(N[C@H](C2CC2)C(F)(F)F)cc1F. The standard InChI is InChI=1S/C33H28F8N4O4/c1-15-11-21(32(36,37)38)25(30(47)45(15)2)20-9-8-17(19-5-4-10-42-27(19)20)12-24(31(48)49-3)44-29(46)26-22(34)13-18(14-23(26)35)43-28(16-6-7-16)33(39,40)41/h4-5,8-11,13-14,16,24,28,43H,6-7,12H2,1-3H3,(H,44,46)/t24-,28+/m0/s1. The number of rotatable bonds is 9. The summed E-state index contributed by atoms with van der Waals surface area (Å²) in [5, 5.41) is 4.45. The van der Waals surface area contributed by atoms with Crippen LogP contribution in [-0.4, -0.2) is 46.8 Å². The van der Waals surface area contributed by atoms with E-state index in [9.17, 15) is 40.7 Å². The third kappa shape index (κ3) is 7.22. The molecule has 0 aliphatic heterocycles. The number of amides is 1. The number of ether oxygens (including phenoxy) is 1. The van der Waals surface area contributed by atoms with E-state index >= 15 is 8.78 Å². The van der Waals surface area contributed by atoms with E-state index in [4.69, 9.17) is 4.74 Å². The molecular weight excluding hydrogens is 668 g/mol. The Morgan fingerprint density at radius 2 is 1.69 bits per heavy atom. The van der Waals surface area contributed by atoms with Crippen molar-refractivity contribution in [1.82, 2.24) is 14.9 Å². The maximum Gasteiger partial charge on any atom is 0.417 e. The molecule has 260 valence electrons. The highest BCUT2D eigenvalue weighted by atomic mass is 19.4. The molecule has 4 aromatic rings. The average Bonchev–Trinajstić information content (AvgIpc) is 3.86. The third-order valence-electron chi connectivity index (χ3n) is 8.36. The van der Waals surface area contributed by atoms with Gasteiger partial charge in [0.1, 0.15) is 29.3 Å². The van der Waals surface area contributed by atoms with Crippen molar-refractivity contribution in [2.24, 2.45) is 13.0 Å². The van der Waals surface area contributed by atoms with Crippen LogP contribution >= 0.6 is 0 Å². The van der Waals surface area contributed by atoms with Crippen molar-refractivity contribution < 1.29 is 49.4 Å². The number of aryl methyl sites for hydroxylation is 1. The highest BCUT2D eigenvalue weighted by Crippen LogP contribution is 2.42. The average molecular weight is 697 g/mol. The number of methoxy groups -OCH3 is 1. The van der Waals surface area contributed by atoms with Crippen molar-refractivity contribution in [1.29, 1.82) is 0 Å². The van der Waals surface area contributed by atoms with Crippen LogP contribution in [0.15, 0.2) is 53.5 Å². The maximum atomic E-state index is 15.0. The number of anilines is 1. The lowest BCUT2D eigenvalue weighted by Gasteiger charge is -2.23. The monoisotopic (exact) mass is 696 g/mol. The number of alkyl halides is 6. The molecule has 0 saturated heterocycles. The van der Waals surface area contributed by atoms with Gasteiger partial charge >= 0.3 is 18.3 Å². The summed E-state index contributed by atoms with van der Waals surface area (Å²) in [6, 6.07) is 3.71. The van der Waals surface area contributed by atoms with Gasteiger partial charge in [0.05, 0.1) is 23.8 Å². The number of halogens is 8. The van der Waals surface area contributed by atoms with Gasteiger partial charge < -0.3 is 19.9 Å². The van der Waals surface area contributed by atoms with Crippen LogP contribution in [0, 0.1) is 24.5 Å². The summed E-state index contributed by atoms with van der Waals surface area (Å²) in [5.41, 5.74) is -4.38. The Hall–Kier alpha value is -5.02. The second-order valence-electron chi connectivity index (χ2n) is 11.7. The third-order valence-corrected chi connectivity index (χ3v) is 8.36. The van der Waals surface area contributed by atoms with Gasteiger partial charge in [-0.05, 0) is 55.5 Å². The number of esters is 1. The molecule has 1 aliphatic rings. The van der Waals surface area contributed by atoms with Gasteiger partial charge in [-0.3, -0.25) is 14.6 Å². The van der Waals surface area contributed by atoms with E-state index in [1.54, 1.807) is 0 Å². The highest BCUT2D eigenvalue weighted by Gasteiger charge is 2.49. The summed E-state index contributed by atoms with van der Waals surface area (Å²) in [6.07, 6.45) is -8.15. The van der Waals surface area contributed by atoms with E-state index in [0.717, 1.165) is 17.7 Å². The number of hydrogen-bond acceptors (Lipinski definition) is 6. The van der Waals surface area contributed by atoms with Gasteiger partial charge in [0, 0.05) is 42.0 Å². The molecule has 0 unspecified atom stereocenters. The van der Waals surface area contributed by atoms with Gasteiger partial charge in [-0.2, -0.15) is 26.3 Å². The molecule has 1 aliphatic carbocycles. The molecular formula is C33H28F8N4O4. The molecule has 16 heteroatoms. The van der Waals surface area contributed by atoms with Gasteiger partial charge in [-0.15, -0.1) is 0 Å². The van der Waals surface area contributed by atoms with E-state index in [1.165, 1.54) is 44.4 Å². The first-order valence-corrected chi connectivity index (χ1v) is 14.8. The van der Waals surface area contributed by atoms with Crippen LogP contribution in [0.4, 0.5) is 40.8 Å². The predicted octanol–water partition coefficient (Wildman–Crippen LogP) is 6.47. The van der Waals surface area contributed by atoms with Crippen molar-refractivity contribution in [3.63, 3.8) is 0 Å². The number of aromatic nitrogens is 2. The largest absolute Gasteiger partial charge is 0.467 e. The Kier molecular flexibility index (Phi) is 9.45. The van der Waals surface area contributed by atoms with Gasteiger partial charge in [-0.1, -0.05) is 18.2 Å². The Balaban J connectivity index is 1.48. The number of carbonyl (C=O) groups is 2. The van der Waals surface area contributed by atoms with Crippen LogP contribution in [0.3, 0.4) is 0 Å². The number of benzene rings is 2. The lowest BCUT2D eigenvalue weighted by atomic mass is 9.93. The van der Waals surface area contributed by atoms with Crippen molar-refractivity contribution in [3.8, 4) is 11.1 Å². The highest BCUT2D eigenvalue weighted by molar-refractivity contribution is 5.99. The molecule has 8 nitrogen and oxygen atoms in total. The number of carbonyl (C=O) groups excluding carboxylic acids is 2. The summed E-state index contributed by atoms with van der Waals surface area (Å²) >= 11 is 0. The molecule has 0 bridgehead atoms. The summed E-state index contributed by atoms with van der Waals surface area (Å²) in [7, 11) is 2.30. The molecule has 0 spiro atoms. The van der Waals surface area contributed by atoms with E-state index < -0.39 is 88.2 Å². The van der Waals surface area contributed by atoms with E-state index in [1.807, 2.05) is 0 Å². The van der Waals surface area contributed by atoms with E-state index in [2.05, 4.69) is 15.6 Å². The zero-order chi connectivity index (χ0) is 36.0. The second kappa shape index (κ2) is 13.1. The Bertz CT molecular complexity index is 1980. The van der Waals surface area contributed by atoms with Crippen LogP contribution in [0.1, 0.15) is 40.0 Å². The first-order valence-electron chi connectivity index (χ1n) is 14.8. The summed E-state index contributed by atoms with van der Waals surface area (Å²) < 4.78 is 119. The zero-order valence-corrected chi connectivity index (χ0v) is 26.0. The van der Waals surface area contributed by atoms with Crippen LogP contribution in [0.5, 0.6) is 0 Å². The van der Waals surface area contributed by atoms with Crippen molar-refractivity contribution in [3.05, 3.63) is 93.0 Å². The molecule has 5 rings (SSSR count). The summed E-state index contributed by atoms with van der Waals surface area (Å²) in [6.45, 7) is 1.35. The Morgan fingerprint density at radius 1 is 1.04 bits per heavy atom. The van der Waals surface area contributed by atoms with Gasteiger partial charge in [0.25, 0.3) is 11.5 Å². The van der Waals surface area contributed by atoms with E-state index in [0.29, 0.717) is 12.1 Å². The lowest BCUT2D eigenvalue weighted by molar-refractivity contribution is -0.146. The first kappa shape index (κ1) is 35.3. The molecule has 2 heterocycles. The molecule has 2 N–H and O–H groups in total. The van der Waals surface area contributed by atoms with Gasteiger partial charge in [0.15, 0.2) is 0 Å². The maximum absolute atomic E-state index is 15.0. The van der Waals surface area contributed by atoms with E-state index in [-0.39, 0.29) is 40.6 Å². The first-order chi connectivity index (χ1) is 22.9. The fraction of sp³-hybridized carbons (Fsp3) is 0.333. The Morgan fingerprint density at radius 3 is 2.27 bits per heavy atom. The Labute approximate surface area is 273 Å². The number of fused-ring (bicyclic) bond motifs is 1. The number of nitrogens with zero attached hydrogens (tertiary/aromatic N) is 2. The fourth-order valence-corrected chi connectivity index (χ4v) is 5.65. The molecule has 49 heavy (non-hydrogen) atoms. The van der Waals surface area contributed by atoms with Gasteiger partial charge in [0.2, 0.25) is 0 Å². The molecule has 0 radical (unpaired) electrons. The predicted molar refractivity (Wildman–Crippen MR) is 162 cm³/mol. The van der Waals surface area contributed by atoms with Gasteiger partial charge in [-0.25, -0.2) is 13.6 Å². The summed E-state index contributed by atoms with van der Waals surface area (Å²) in [4.78, 5) is 43.2. The normalized spacial score (nSPS) is 14.8. The topological polar surface area (TPSA) is 102 Å². The van der Waals surface area contributed by atoms with Crippen LogP contribution < -0.4 is 16.2 Å². The minimum absolute atomic E-state index is 0.0371.